The van der Waals surface area contributed by atoms with Crippen LogP contribution in [0.1, 0.15) is 48.9 Å². The van der Waals surface area contributed by atoms with Crippen molar-refractivity contribution in [3.8, 4) is 5.82 Å². The van der Waals surface area contributed by atoms with Crippen LogP contribution in [0.3, 0.4) is 0 Å². The van der Waals surface area contributed by atoms with Gasteiger partial charge in [0.05, 0.1) is 11.9 Å². The maximum Gasteiger partial charge on any atom is 0.410 e. The van der Waals surface area contributed by atoms with E-state index in [-0.39, 0.29) is 11.1 Å². The predicted molar refractivity (Wildman–Crippen MR) is 90.8 cm³/mol. The maximum absolute atomic E-state index is 13.2. The number of hydrogen-bond acceptors (Lipinski definition) is 4. The third-order valence-electron chi connectivity index (χ3n) is 5.83. The average Bonchev–Trinajstić information content (AvgIpc) is 2.98. The fourth-order valence-corrected chi connectivity index (χ4v) is 3.87. The van der Waals surface area contributed by atoms with Crippen molar-refractivity contribution in [1.82, 2.24) is 20.1 Å². The van der Waals surface area contributed by atoms with E-state index in [0.29, 0.717) is 23.7 Å². The zero-order valence-corrected chi connectivity index (χ0v) is 16.0. The Morgan fingerprint density at radius 2 is 2.14 bits per heavy atom. The topological polar surface area (TPSA) is 72.9 Å². The summed E-state index contributed by atoms with van der Waals surface area (Å²) in [5, 5.41) is 6.45. The lowest BCUT2D eigenvalue weighted by Crippen LogP contribution is -2.54. The fraction of sp³-hybridized carbons (Fsp3) is 0.556. The Hall–Kier alpha value is -2.65. The van der Waals surface area contributed by atoms with E-state index >= 15 is 0 Å². The van der Waals surface area contributed by atoms with Gasteiger partial charge in [0.15, 0.2) is 5.69 Å². The lowest BCUT2D eigenvalue weighted by atomic mass is 10.0. The lowest BCUT2D eigenvalue weighted by Gasteiger charge is -2.28. The van der Waals surface area contributed by atoms with Crippen LogP contribution in [0.15, 0.2) is 18.6 Å². The molecule has 4 rings (SSSR count). The van der Waals surface area contributed by atoms with Crippen LogP contribution in [0.25, 0.3) is 5.82 Å². The molecule has 2 aromatic heterocycles. The van der Waals surface area contributed by atoms with Gasteiger partial charge in [0.2, 0.25) is 12.0 Å². The molecular formula is C18H21F3N5O2+. The molecule has 0 saturated heterocycles. The molecule has 0 spiro atoms. The summed E-state index contributed by atoms with van der Waals surface area (Å²) in [4.78, 5) is 22.2. The van der Waals surface area contributed by atoms with Gasteiger partial charge in [0.25, 0.3) is 12.1 Å². The Morgan fingerprint density at radius 3 is 2.79 bits per heavy atom. The molecule has 2 aliphatic carbocycles. The van der Waals surface area contributed by atoms with Gasteiger partial charge in [-0.2, -0.15) is 18.3 Å². The van der Waals surface area contributed by atoms with E-state index < -0.39 is 17.6 Å². The molecule has 28 heavy (non-hydrogen) atoms. The first-order valence-electron chi connectivity index (χ1n) is 8.92. The number of nitrogens with one attached hydrogen (secondary N) is 1. The van der Waals surface area contributed by atoms with Crippen LogP contribution in [-0.2, 0) is 11.8 Å². The van der Waals surface area contributed by atoms with Crippen LogP contribution >= 0.6 is 0 Å². The molecule has 1 amide bonds. The molecule has 0 radical (unpaired) electrons. The van der Waals surface area contributed by atoms with Gasteiger partial charge in [-0.3, -0.25) is 9.63 Å². The molecule has 0 aliphatic heterocycles. The zero-order chi connectivity index (χ0) is 20.5. The molecule has 1 fully saturated rings. The number of carbonyl (C=O) groups is 1. The Bertz CT molecular complexity index is 969. The van der Waals surface area contributed by atoms with Crippen molar-refractivity contribution < 1.29 is 27.5 Å². The summed E-state index contributed by atoms with van der Waals surface area (Å²) >= 11 is 0. The quantitative estimate of drug-likeness (QED) is 0.796. The number of hydrogen-bond donors (Lipinski definition) is 1. The number of rotatable bonds is 4. The van der Waals surface area contributed by atoms with E-state index in [4.69, 9.17) is 4.84 Å². The van der Waals surface area contributed by atoms with Gasteiger partial charge in [-0.05, 0) is 32.6 Å². The van der Waals surface area contributed by atoms with E-state index in [1.165, 1.54) is 18.0 Å². The Kier molecular flexibility index (Phi) is 3.79. The largest absolute Gasteiger partial charge is 0.410 e. The summed E-state index contributed by atoms with van der Waals surface area (Å²) < 4.78 is 42.6. The molecular weight excluding hydrogens is 375 g/mol. The molecule has 0 bridgehead atoms. The number of alkyl halides is 3. The molecule has 1 saturated carbocycles. The summed E-state index contributed by atoms with van der Waals surface area (Å²) in [5.41, 5.74) is -0.945. The van der Waals surface area contributed by atoms with E-state index in [1.807, 2.05) is 0 Å². The summed E-state index contributed by atoms with van der Waals surface area (Å²) in [6.07, 6.45) is 1.74. The highest BCUT2D eigenvalue weighted by Crippen LogP contribution is 2.62. The number of halogens is 3. The minimum Gasteiger partial charge on any atom is -0.337 e. The molecule has 2 aliphatic rings. The molecule has 10 heteroatoms. The van der Waals surface area contributed by atoms with Gasteiger partial charge >= 0.3 is 6.18 Å². The van der Waals surface area contributed by atoms with Crippen LogP contribution in [0, 0.1) is 5.92 Å². The summed E-state index contributed by atoms with van der Waals surface area (Å²) in [6, 6.07) is 0. The van der Waals surface area contributed by atoms with Crippen molar-refractivity contribution in [2.45, 2.75) is 50.7 Å². The second kappa shape index (κ2) is 5.68. The van der Waals surface area contributed by atoms with Gasteiger partial charge in [0, 0.05) is 15.7 Å². The van der Waals surface area contributed by atoms with Gasteiger partial charge < -0.3 is 5.32 Å². The highest BCUT2D eigenvalue weighted by Gasteiger charge is 2.60. The monoisotopic (exact) mass is 396 g/mol. The van der Waals surface area contributed by atoms with Crippen LogP contribution in [0.5, 0.6) is 0 Å². The molecule has 150 valence electrons. The summed E-state index contributed by atoms with van der Waals surface area (Å²) in [5.74, 6) is -0.0338. The van der Waals surface area contributed by atoms with Crippen molar-refractivity contribution >= 4 is 5.91 Å². The lowest BCUT2D eigenvalue weighted by molar-refractivity contribution is -0.885. The van der Waals surface area contributed by atoms with Gasteiger partial charge in [0.1, 0.15) is 12.6 Å². The van der Waals surface area contributed by atoms with Crippen molar-refractivity contribution in [3.05, 3.63) is 35.5 Å². The number of fused-ring (bicyclic) bond motifs is 3. The minimum absolute atomic E-state index is 0.0235. The van der Waals surface area contributed by atoms with E-state index in [0.717, 1.165) is 26.0 Å². The molecule has 2 atom stereocenters. The molecule has 2 unspecified atom stereocenters. The number of aromatic nitrogens is 4. The van der Waals surface area contributed by atoms with Crippen LogP contribution in [-0.4, -0.2) is 39.5 Å². The fourth-order valence-electron chi connectivity index (χ4n) is 3.87. The highest BCUT2D eigenvalue weighted by atomic mass is 19.4. The van der Waals surface area contributed by atoms with Crippen molar-refractivity contribution in [3.63, 3.8) is 0 Å². The van der Waals surface area contributed by atoms with Crippen molar-refractivity contribution in [1.29, 1.82) is 0 Å². The maximum atomic E-state index is 13.2. The minimum atomic E-state index is -4.58. The first-order valence-corrected chi connectivity index (χ1v) is 8.92. The van der Waals surface area contributed by atoms with E-state index in [1.54, 1.807) is 17.1 Å². The van der Waals surface area contributed by atoms with Gasteiger partial charge in [-0.1, -0.05) is 6.92 Å². The molecule has 0 aromatic carbocycles. The molecule has 2 heterocycles. The third kappa shape index (κ3) is 2.65. The molecule has 2 aromatic rings. The first-order chi connectivity index (χ1) is 13.0. The second-order valence-corrected chi connectivity index (χ2v) is 8.14. The second-order valence-electron chi connectivity index (χ2n) is 8.14. The normalized spacial score (nSPS) is 23.2. The Labute approximate surface area is 159 Å². The molecule has 1 N–H and O–H groups in total. The number of carbonyl (C=O) groups excluding carboxylic acids is 1. The average molecular weight is 396 g/mol. The SMILES string of the molecule is CO[n+]1ccnc(-n2nc(C(=O)NC(C)(C)C(F)(F)F)c3c2C2(C)CC2C3)c1. The highest BCUT2D eigenvalue weighted by molar-refractivity contribution is 5.95. The van der Waals surface area contributed by atoms with Gasteiger partial charge in [-0.25, -0.2) is 9.67 Å². The van der Waals surface area contributed by atoms with Crippen molar-refractivity contribution in [2.75, 3.05) is 7.11 Å². The zero-order valence-electron chi connectivity index (χ0n) is 16.0. The van der Waals surface area contributed by atoms with Crippen LogP contribution in [0.4, 0.5) is 13.2 Å². The standard InChI is InChI=1S/C18H20F3N5O2/c1-16(2,18(19,20)21)23-15(27)13-11-7-10-8-17(10,3)14(11)26(24-13)12-9-25(28-4)6-5-22-12/h5-6,9-10H,7-8H2,1-4H3/p+1. The molecule has 7 nitrogen and oxygen atoms in total. The van der Waals surface area contributed by atoms with Gasteiger partial charge in [-0.15, -0.1) is 0 Å². The predicted octanol–water partition coefficient (Wildman–Crippen LogP) is 1.52. The first kappa shape index (κ1) is 18.7. The van der Waals surface area contributed by atoms with E-state index in [2.05, 4.69) is 22.3 Å². The number of amides is 1. The van der Waals surface area contributed by atoms with E-state index in [9.17, 15) is 18.0 Å². The Morgan fingerprint density at radius 1 is 1.43 bits per heavy atom. The third-order valence-corrected chi connectivity index (χ3v) is 5.83. The summed E-state index contributed by atoms with van der Waals surface area (Å²) in [6.45, 7) is 3.94. The summed E-state index contributed by atoms with van der Waals surface area (Å²) in [7, 11) is 1.49. The smallest absolute Gasteiger partial charge is 0.337 e. The van der Waals surface area contributed by atoms with Crippen LogP contribution < -0.4 is 14.9 Å². The number of nitrogens with zero attached hydrogens (tertiary/aromatic N) is 4. The van der Waals surface area contributed by atoms with Crippen LogP contribution in [0.2, 0.25) is 0 Å². The Balaban J connectivity index is 1.78. The van der Waals surface area contributed by atoms with Crippen molar-refractivity contribution in [2.24, 2.45) is 5.92 Å².